The third-order valence-corrected chi connectivity index (χ3v) is 4.36. The van der Waals surface area contributed by atoms with Crippen LogP contribution in [-0.2, 0) is 6.54 Å². The van der Waals surface area contributed by atoms with Crippen molar-refractivity contribution in [3.05, 3.63) is 40.1 Å². The van der Waals surface area contributed by atoms with Gasteiger partial charge in [0.25, 0.3) is 0 Å². The average Bonchev–Trinajstić information content (AvgIpc) is 3.08. The quantitative estimate of drug-likeness (QED) is 0.928. The third kappa shape index (κ3) is 2.93. The normalized spacial score (nSPS) is 14.8. The Labute approximate surface area is 122 Å². The van der Waals surface area contributed by atoms with Crippen LogP contribution in [0.4, 0.5) is 15.8 Å². The fourth-order valence-electron chi connectivity index (χ4n) is 2.51. The highest BCUT2D eigenvalue weighted by Gasteiger charge is 2.16. The summed E-state index contributed by atoms with van der Waals surface area (Å²) in [5.74, 6) is -0.147. The summed E-state index contributed by atoms with van der Waals surface area (Å²) in [6.45, 7) is 4.54. The molecule has 1 saturated heterocycles. The molecule has 1 aliphatic rings. The van der Waals surface area contributed by atoms with Crippen molar-refractivity contribution in [2.24, 2.45) is 0 Å². The molecule has 5 heteroatoms. The van der Waals surface area contributed by atoms with Crippen molar-refractivity contribution < 1.29 is 4.39 Å². The van der Waals surface area contributed by atoms with Crippen LogP contribution in [0.3, 0.4) is 0 Å². The Kier molecular flexibility index (Phi) is 3.87. The topological polar surface area (TPSA) is 28.2 Å². The first kappa shape index (κ1) is 13.4. The van der Waals surface area contributed by atoms with Crippen LogP contribution in [0.2, 0.25) is 0 Å². The van der Waals surface area contributed by atoms with Gasteiger partial charge in [0, 0.05) is 24.2 Å². The Morgan fingerprint density at radius 3 is 2.80 bits per heavy atom. The summed E-state index contributed by atoms with van der Waals surface area (Å²) in [7, 11) is 0. The molecule has 3 nitrogen and oxygen atoms in total. The molecule has 0 bridgehead atoms. The number of aromatic nitrogens is 1. The summed E-state index contributed by atoms with van der Waals surface area (Å²) in [5.41, 5.74) is 2.52. The molecule has 0 aliphatic carbocycles. The van der Waals surface area contributed by atoms with Gasteiger partial charge < -0.3 is 10.2 Å². The maximum Gasteiger partial charge on any atom is 0.148 e. The molecule has 0 amide bonds. The molecule has 1 fully saturated rings. The molecule has 0 saturated carbocycles. The van der Waals surface area contributed by atoms with Gasteiger partial charge in [0.1, 0.15) is 5.82 Å². The van der Waals surface area contributed by atoms with Gasteiger partial charge in [-0.25, -0.2) is 9.37 Å². The lowest BCUT2D eigenvalue weighted by molar-refractivity contribution is 0.623. The molecule has 0 spiro atoms. The fraction of sp³-hybridized carbons (Fsp3) is 0.400. The summed E-state index contributed by atoms with van der Waals surface area (Å²) in [4.78, 5) is 6.50. The van der Waals surface area contributed by atoms with E-state index in [1.165, 1.54) is 0 Å². The Bertz CT molecular complexity index is 591. The average molecular weight is 291 g/mol. The van der Waals surface area contributed by atoms with E-state index in [2.05, 4.69) is 15.2 Å². The van der Waals surface area contributed by atoms with Crippen molar-refractivity contribution in [1.82, 2.24) is 4.98 Å². The number of aryl methyl sites for hydroxylation is 1. The van der Waals surface area contributed by atoms with Gasteiger partial charge in [0.15, 0.2) is 0 Å². The largest absolute Gasteiger partial charge is 0.379 e. The second-order valence-corrected chi connectivity index (χ2v) is 6.13. The minimum Gasteiger partial charge on any atom is -0.379 e. The first-order valence-electron chi connectivity index (χ1n) is 6.92. The molecule has 0 unspecified atom stereocenters. The number of rotatable bonds is 4. The van der Waals surface area contributed by atoms with Crippen molar-refractivity contribution >= 4 is 22.7 Å². The third-order valence-electron chi connectivity index (χ3n) is 3.53. The van der Waals surface area contributed by atoms with E-state index in [4.69, 9.17) is 0 Å². The monoisotopic (exact) mass is 291 g/mol. The molecule has 3 rings (SSSR count). The van der Waals surface area contributed by atoms with Gasteiger partial charge in [-0.05, 0) is 38.0 Å². The molecule has 1 aromatic heterocycles. The highest BCUT2D eigenvalue weighted by molar-refractivity contribution is 7.09. The van der Waals surface area contributed by atoms with Crippen LogP contribution in [0, 0.1) is 12.7 Å². The molecular weight excluding hydrogens is 273 g/mol. The van der Waals surface area contributed by atoms with E-state index in [9.17, 15) is 4.39 Å². The Hall–Kier alpha value is -1.62. The van der Waals surface area contributed by atoms with Crippen LogP contribution in [-0.4, -0.2) is 18.1 Å². The van der Waals surface area contributed by atoms with E-state index in [0.29, 0.717) is 6.54 Å². The van der Waals surface area contributed by atoms with Crippen molar-refractivity contribution in [1.29, 1.82) is 0 Å². The van der Waals surface area contributed by atoms with Gasteiger partial charge in [-0.15, -0.1) is 11.3 Å². The smallest absolute Gasteiger partial charge is 0.148 e. The predicted octanol–water partition coefficient (Wildman–Crippen LogP) is 3.80. The zero-order chi connectivity index (χ0) is 13.9. The molecule has 2 aromatic rings. The number of nitrogens with zero attached hydrogens (tertiary/aromatic N) is 2. The number of hydrogen-bond donors (Lipinski definition) is 1. The standard InChI is InChI=1S/C15H18FN3S/c1-11-18-13(10-20-11)9-17-12-4-5-15(14(16)8-12)19-6-2-3-7-19/h4-5,8,10,17H,2-3,6-7,9H2,1H3. The maximum absolute atomic E-state index is 14.1. The van der Waals surface area contributed by atoms with Gasteiger partial charge in [-0.2, -0.15) is 0 Å². The van der Waals surface area contributed by atoms with Crippen molar-refractivity contribution in [3.8, 4) is 0 Å². The van der Waals surface area contributed by atoms with E-state index in [-0.39, 0.29) is 5.82 Å². The van der Waals surface area contributed by atoms with Crippen LogP contribution in [0.5, 0.6) is 0 Å². The van der Waals surface area contributed by atoms with Crippen LogP contribution < -0.4 is 10.2 Å². The molecule has 2 heterocycles. The highest BCUT2D eigenvalue weighted by Crippen LogP contribution is 2.26. The van der Waals surface area contributed by atoms with E-state index >= 15 is 0 Å². The molecule has 20 heavy (non-hydrogen) atoms. The summed E-state index contributed by atoms with van der Waals surface area (Å²) in [6, 6.07) is 5.39. The molecule has 0 radical (unpaired) electrons. The van der Waals surface area contributed by atoms with Crippen LogP contribution in [0.15, 0.2) is 23.6 Å². The first-order chi connectivity index (χ1) is 9.72. The SMILES string of the molecule is Cc1nc(CNc2ccc(N3CCCC3)c(F)c2)cs1. The van der Waals surface area contributed by atoms with Crippen molar-refractivity contribution in [3.63, 3.8) is 0 Å². The predicted molar refractivity (Wildman–Crippen MR) is 82.0 cm³/mol. The van der Waals surface area contributed by atoms with Gasteiger partial charge in [0.05, 0.1) is 22.9 Å². The van der Waals surface area contributed by atoms with Gasteiger partial charge >= 0.3 is 0 Å². The Morgan fingerprint density at radius 1 is 1.35 bits per heavy atom. The van der Waals surface area contributed by atoms with E-state index < -0.39 is 0 Å². The molecule has 1 aromatic carbocycles. The van der Waals surface area contributed by atoms with Gasteiger partial charge in [-0.1, -0.05) is 0 Å². The fourth-order valence-corrected chi connectivity index (χ4v) is 3.13. The number of anilines is 2. The second kappa shape index (κ2) is 5.79. The van der Waals surface area contributed by atoms with E-state index in [1.807, 2.05) is 24.4 Å². The minimum absolute atomic E-state index is 0.147. The van der Waals surface area contributed by atoms with Crippen molar-refractivity contribution in [2.45, 2.75) is 26.3 Å². The maximum atomic E-state index is 14.1. The molecule has 1 aliphatic heterocycles. The van der Waals surface area contributed by atoms with E-state index in [1.54, 1.807) is 17.4 Å². The van der Waals surface area contributed by atoms with Gasteiger partial charge in [-0.3, -0.25) is 0 Å². The molecule has 1 N–H and O–H groups in total. The molecule has 106 valence electrons. The number of benzene rings is 1. The minimum atomic E-state index is -0.147. The van der Waals surface area contributed by atoms with Crippen molar-refractivity contribution in [2.75, 3.05) is 23.3 Å². The van der Waals surface area contributed by atoms with E-state index in [0.717, 1.165) is 48.0 Å². The van der Waals surface area contributed by atoms with Crippen LogP contribution in [0.25, 0.3) is 0 Å². The number of thiazole rings is 1. The summed E-state index contributed by atoms with van der Waals surface area (Å²) < 4.78 is 14.1. The number of nitrogens with one attached hydrogen (secondary N) is 1. The highest BCUT2D eigenvalue weighted by atomic mass is 32.1. The number of hydrogen-bond acceptors (Lipinski definition) is 4. The Balaban J connectivity index is 1.67. The van der Waals surface area contributed by atoms with Gasteiger partial charge in [0.2, 0.25) is 0 Å². The second-order valence-electron chi connectivity index (χ2n) is 5.07. The first-order valence-corrected chi connectivity index (χ1v) is 7.80. The lowest BCUT2D eigenvalue weighted by Crippen LogP contribution is -2.18. The summed E-state index contributed by atoms with van der Waals surface area (Å²) >= 11 is 1.63. The van der Waals surface area contributed by atoms with Crippen LogP contribution in [0.1, 0.15) is 23.5 Å². The zero-order valence-electron chi connectivity index (χ0n) is 11.5. The molecule has 0 atom stereocenters. The summed E-state index contributed by atoms with van der Waals surface area (Å²) in [5, 5.41) is 6.30. The zero-order valence-corrected chi connectivity index (χ0v) is 12.3. The Morgan fingerprint density at radius 2 is 2.15 bits per heavy atom. The lowest BCUT2D eigenvalue weighted by Gasteiger charge is -2.19. The lowest BCUT2D eigenvalue weighted by atomic mass is 10.2. The summed E-state index contributed by atoms with van der Waals surface area (Å²) in [6.07, 6.45) is 2.31. The molecular formula is C15H18FN3S. The number of halogens is 1. The van der Waals surface area contributed by atoms with Crippen LogP contribution >= 0.6 is 11.3 Å².